The Bertz CT molecular complexity index is 596. The van der Waals surface area contributed by atoms with Crippen LogP contribution >= 0.6 is 0 Å². The first kappa shape index (κ1) is 20.1. The molecule has 26 heavy (non-hydrogen) atoms. The van der Waals surface area contributed by atoms with Crippen molar-refractivity contribution in [2.24, 2.45) is 0 Å². The monoisotopic (exact) mass is 363 g/mol. The Morgan fingerprint density at radius 2 is 1.81 bits per heavy atom. The van der Waals surface area contributed by atoms with E-state index in [1.54, 1.807) is 18.2 Å². The second kappa shape index (κ2) is 10.7. The molecular weight excluding hydrogens is 334 g/mol. The molecule has 1 aliphatic heterocycles. The summed E-state index contributed by atoms with van der Waals surface area (Å²) in [7, 11) is 0. The highest BCUT2D eigenvalue weighted by Gasteiger charge is 2.18. The number of carbonyl (C=O) groups excluding carboxylic acids is 2. The Kier molecular flexibility index (Phi) is 8.25. The molecule has 144 valence electrons. The minimum absolute atomic E-state index is 0.0183. The number of hydrogen-bond acceptors (Lipinski definition) is 5. The lowest BCUT2D eigenvalue weighted by atomic mass is 10.1. The van der Waals surface area contributed by atoms with Gasteiger partial charge in [-0.1, -0.05) is 13.3 Å². The van der Waals surface area contributed by atoms with Crippen LogP contribution in [0.3, 0.4) is 0 Å². The number of unbranched alkanes of at least 4 members (excludes halogenated alkanes) is 1. The van der Waals surface area contributed by atoms with Crippen LogP contribution in [0.1, 0.15) is 56.3 Å². The Morgan fingerprint density at radius 1 is 1.04 bits per heavy atom. The second-order valence-electron chi connectivity index (χ2n) is 6.31. The summed E-state index contributed by atoms with van der Waals surface area (Å²) in [5.74, 6) is 0.511. The van der Waals surface area contributed by atoms with E-state index in [1.807, 2.05) is 18.7 Å². The lowest BCUT2D eigenvalue weighted by Gasteiger charge is -2.26. The fourth-order valence-corrected chi connectivity index (χ4v) is 2.79. The predicted octanol–water partition coefficient (Wildman–Crippen LogP) is 3.43. The van der Waals surface area contributed by atoms with E-state index in [1.165, 1.54) is 6.42 Å². The number of nitrogens with zero attached hydrogens (tertiary/aromatic N) is 1. The zero-order valence-corrected chi connectivity index (χ0v) is 15.8. The van der Waals surface area contributed by atoms with Crippen LogP contribution in [0.5, 0.6) is 11.5 Å². The zero-order chi connectivity index (χ0) is 18.8. The largest absolute Gasteiger partial charge is 0.490 e. The number of amides is 1. The van der Waals surface area contributed by atoms with E-state index in [2.05, 4.69) is 0 Å². The van der Waals surface area contributed by atoms with Crippen molar-refractivity contribution in [3.05, 3.63) is 23.8 Å². The molecule has 1 aromatic carbocycles. The number of hydrogen-bond donors (Lipinski definition) is 0. The number of carbonyl (C=O) groups is 2. The lowest BCUT2D eigenvalue weighted by Crippen LogP contribution is -2.38. The van der Waals surface area contributed by atoms with Crippen molar-refractivity contribution in [2.45, 2.75) is 46.0 Å². The standard InChI is InChI=1S/C20H29NO5/c1-3-5-13-25-20(23)16-9-10-17(18(14-16)24-4-2)26-15-19(22)21-11-7-6-8-12-21/h9-10,14H,3-8,11-13,15H2,1-2H3. The summed E-state index contributed by atoms with van der Waals surface area (Å²) in [5, 5.41) is 0. The van der Waals surface area contributed by atoms with Crippen LogP contribution in [0.4, 0.5) is 0 Å². The molecule has 0 unspecified atom stereocenters. The Morgan fingerprint density at radius 3 is 2.50 bits per heavy atom. The van der Waals surface area contributed by atoms with Gasteiger partial charge < -0.3 is 19.1 Å². The first-order chi connectivity index (χ1) is 12.7. The number of rotatable bonds is 9. The lowest BCUT2D eigenvalue weighted by molar-refractivity contribution is -0.134. The average molecular weight is 363 g/mol. The molecular formula is C20H29NO5. The van der Waals surface area contributed by atoms with Gasteiger partial charge in [-0.2, -0.15) is 0 Å². The quantitative estimate of drug-likeness (QED) is 0.497. The van der Waals surface area contributed by atoms with E-state index in [4.69, 9.17) is 14.2 Å². The van der Waals surface area contributed by atoms with Crippen molar-refractivity contribution < 1.29 is 23.8 Å². The summed E-state index contributed by atoms with van der Waals surface area (Å²) in [6.07, 6.45) is 5.07. The molecule has 0 aromatic heterocycles. The van der Waals surface area contributed by atoms with Crippen molar-refractivity contribution in [3.63, 3.8) is 0 Å². The van der Waals surface area contributed by atoms with Gasteiger partial charge in [-0.3, -0.25) is 4.79 Å². The van der Waals surface area contributed by atoms with Crippen LogP contribution in [0, 0.1) is 0 Å². The third-order valence-electron chi connectivity index (χ3n) is 4.27. The van der Waals surface area contributed by atoms with Gasteiger partial charge in [-0.25, -0.2) is 4.79 Å². The van der Waals surface area contributed by atoms with Gasteiger partial charge in [0.15, 0.2) is 18.1 Å². The Balaban J connectivity index is 1.98. The molecule has 1 amide bonds. The van der Waals surface area contributed by atoms with Gasteiger partial charge >= 0.3 is 5.97 Å². The average Bonchev–Trinajstić information content (AvgIpc) is 2.67. The van der Waals surface area contributed by atoms with Crippen LogP contribution in [0.2, 0.25) is 0 Å². The molecule has 0 radical (unpaired) electrons. The summed E-state index contributed by atoms with van der Waals surface area (Å²) < 4.78 is 16.5. The molecule has 0 saturated carbocycles. The smallest absolute Gasteiger partial charge is 0.338 e. The maximum Gasteiger partial charge on any atom is 0.338 e. The van der Waals surface area contributed by atoms with Gasteiger partial charge in [-0.15, -0.1) is 0 Å². The Labute approximate surface area is 155 Å². The van der Waals surface area contributed by atoms with E-state index >= 15 is 0 Å². The highest BCUT2D eigenvalue weighted by atomic mass is 16.5. The molecule has 1 saturated heterocycles. The number of likely N-dealkylation sites (tertiary alicyclic amines) is 1. The predicted molar refractivity (Wildman–Crippen MR) is 98.7 cm³/mol. The molecule has 0 spiro atoms. The van der Waals surface area contributed by atoms with Crippen LogP contribution < -0.4 is 9.47 Å². The number of esters is 1. The third-order valence-corrected chi connectivity index (χ3v) is 4.27. The maximum atomic E-state index is 12.2. The van der Waals surface area contributed by atoms with Crippen LogP contribution in [-0.4, -0.2) is 49.7 Å². The minimum atomic E-state index is -0.379. The molecule has 0 N–H and O–H groups in total. The van der Waals surface area contributed by atoms with E-state index in [0.29, 0.717) is 30.3 Å². The normalized spacial score (nSPS) is 14.0. The Hall–Kier alpha value is -2.24. The van der Waals surface area contributed by atoms with Crippen molar-refractivity contribution in [1.29, 1.82) is 0 Å². The van der Waals surface area contributed by atoms with Gasteiger partial charge in [0.2, 0.25) is 0 Å². The summed E-state index contributed by atoms with van der Waals surface area (Å²) in [5.41, 5.74) is 0.416. The SMILES string of the molecule is CCCCOC(=O)c1ccc(OCC(=O)N2CCCCC2)c(OCC)c1. The van der Waals surface area contributed by atoms with E-state index < -0.39 is 0 Å². The molecule has 6 heteroatoms. The molecule has 0 bridgehead atoms. The topological polar surface area (TPSA) is 65.1 Å². The minimum Gasteiger partial charge on any atom is -0.490 e. The molecule has 1 fully saturated rings. The van der Waals surface area contributed by atoms with E-state index in [9.17, 15) is 9.59 Å². The molecule has 1 heterocycles. The first-order valence-corrected chi connectivity index (χ1v) is 9.50. The number of benzene rings is 1. The summed E-state index contributed by atoms with van der Waals surface area (Å²) in [6.45, 7) is 6.30. The van der Waals surface area contributed by atoms with Gasteiger partial charge in [0.1, 0.15) is 0 Å². The molecule has 0 atom stereocenters. The first-order valence-electron chi connectivity index (χ1n) is 9.50. The fraction of sp³-hybridized carbons (Fsp3) is 0.600. The van der Waals surface area contributed by atoms with Gasteiger partial charge in [-0.05, 0) is 50.8 Å². The highest BCUT2D eigenvalue weighted by Crippen LogP contribution is 2.29. The van der Waals surface area contributed by atoms with Crippen LogP contribution in [0.15, 0.2) is 18.2 Å². The molecule has 1 aromatic rings. The van der Waals surface area contributed by atoms with Crippen LogP contribution in [0.25, 0.3) is 0 Å². The maximum absolute atomic E-state index is 12.2. The molecule has 6 nitrogen and oxygen atoms in total. The van der Waals surface area contributed by atoms with Gasteiger partial charge in [0.05, 0.1) is 18.8 Å². The van der Waals surface area contributed by atoms with E-state index in [-0.39, 0.29) is 18.5 Å². The second-order valence-corrected chi connectivity index (χ2v) is 6.31. The zero-order valence-electron chi connectivity index (χ0n) is 15.8. The number of piperidine rings is 1. The molecule has 2 rings (SSSR count). The summed E-state index contributed by atoms with van der Waals surface area (Å²) in [4.78, 5) is 26.2. The fourth-order valence-electron chi connectivity index (χ4n) is 2.79. The van der Waals surface area contributed by atoms with Gasteiger partial charge in [0.25, 0.3) is 5.91 Å². The number of ether oxygens (including phenoxy) is 3. The third kappa shape index (κ3) is 5.93. The van der Waals surface area contributed by atoms with Crippen molar-refractivity contribution in [3.8, 4) is 11.5 Å². The van der Waals surface area contributed by atoms with Crippen molar-refractivity contribution in [1.82, 2.24) is 4.90 Å². The van der Waals surface area contributed by atoms with Crippen molar-refractivity contribution in [2.75, 3.05) is 32.9 Å². The van der Waals surface area contributed by atoms with Crippen molar-refractivity contribution >= 4 is 11.9 Å². The summed E-state index contributed by atoms with van der Waals surface area (Å²) in [6, 6.07) is 4.90. The van der Waals surface area contributed by atoms with E-state index in [0.717, 1.165) is 38.8 Å². The molecule has 1 aliphatic rings. The van der Waals surface area contributed by atoms with Crippen LogP contribution in [-0.2, 0) is 9.53 Å². The summed E-state index contributed by atoms with van der Waals surface area (Å²) >= 11 is 0. The van der Waals surface area contributed by atoms with Gasteiger partial charge in [0, 0.05) is 13.1 Å². The molecule has 0 aliphatic carbocycles. The highest BCUT2D eigenvalue weighted by molar-refractivity contribution is 5.90.